The predicted molar refractivity (Wildman–Crippen MR) is 88.5 cm³/mol. The minimum atomic E-state index is -0.512. The van der Waals surface area contributed by atoms with Crippen LogP contribution in [0.2, 0.25) is 0 Å². The van der Waals surface area contributed by atoms with Crippen LogP contribution in [-0.2, 0) is 4.79 Å². The van der Waals surface area contributed by atoms with Gasteiger partial charge in [0.15, 0.2) is 0 Å². The van der Waals surface area contributed by atoms with Gasteiger partial charge in [-0.3, -0.25) is 9.59 Å². The molecule has 1 atom stereocenters. The number of nitrogens with one attached hydrogen (secondary N) is 1. The van der Waals surface area contributed by atoms with Crippen LogP contribution in [0.3, 0.4) is 0 Å². The average molecular weight is 305 g/mol. The van der Waals surface area contributed by atoms with Gasteiger partial charge >= 0.3 is 0 Å². The topological polar surface area (TPSA) is 75.4 Å². The highest BCUT2D eigenvalue weighted by molar-refractivity contribution is 6.11. The molecule has 0 saturated heterocycles. The molecule has 2 aromatic rings. The van der Waals surface area contributed by atoms with Gasteiger partial charge in [0.2, 0.25) is 5.91 Å². The van der Waals surface area contributed by atoms with Gasteiger partial charge in [-0.05, 0) is 35.4 Å². The van der Waals surface area contributed by atoms with Crippen molar-refractivity contribution in [2.75, 3.05) is 11.1 Å². The van der Waals surface area contributed by atoms with Gasteiger partial charge in [-0.15, -0.1) is 0 Å². The lowest BCUT2D eigenvalue weighted by atomic mass is 10.0. The molecule has 0 saturated carbocycles. The van der Waals surface area contributed by atoms with E-state index in [2.05, 4.69) is 5.32 Å². The molecule has 114 valence electrons. The van der Waals surface area contributed by atoms with Crippen molar-refractivity contribution in [3.63, 3.8) is 0 Å². The molecule has 0 aromatic heterocycles. The Labute approximate surface area is 133 Å². The van der Waals surface area contributed by atoms with Gasteiger partial charge in [0.25, 0.3) is 5.91 Å². The Kier molecular flexibility index (Phi) is 2.94. The highest BCUT2D eigenvalue weighted by Gasteiger charge is 2.38. The molecule has 0 bridgehead atoms. The number of nitrogens with two attached hydrogens (primary N) is 1. The third-order valence-electron chi connectivity index (χ3n) is 4.28. The third kappa shape index (κ3) is 2.17. The van der Waals surface area contributed by atoms with Gasteiger partial charge in [-0.25, -0.2) is 0 Å². The highest BCUT2D eigenvalue weighted by atomic mass is 16.2. The molecule has 0 aliphatic carbocycles. The molecule has 5 nitrogen and oxygen atoms in total. The standard InChI is InChI=1S/C18H15N3O2/c19-13-7-5-11(6-8-13)12-9-16-17(22)20-15-4-2-1-3-14(15)18(23)21(16)10-12/h1-8,10,16H,9,19H2,(H,20,22)/t16-/m0/s1. The number of para-hydroxylation sites is 1. The van der Waals surface area contributed by atoms with Crippen LogP contribution in [0.25, 0.3) is 5.57 Å². The van der Waals surface area contributed by atoms with E-state index in [9.17, 15) is 9.59 Å². The van der Waals surface area contributed by atoms with Crippen LogP contribution in [0.1, 0.15) is 22.3 Å². The van der Waals surface area contributed by atoms with Gasteiger partial charge < -0.3 is 16.0 Å². The lowest BCUT2D eigenvalue weighted by Gasteiger charge is -2.18. The quantitative estimate of drug-likeness (QED) is 0.795. The summed E-state index contributed by atoms with van der Waals surface area (Å²) in [6.45, 7) is 0. The number of hydrogen-bond donors (Lipinski definition) is 2. The number of anilines is 2. The minimum absolute atomic E-state index is 0.158. The van der Waals surface area contributed by atoms with Gasteiger partial charge in [-0.2, -0.15) is 0 Å². The molecule has 2 aliphatic heterocycles. The fourth-order valence-electron chi connectivity index (χ4n) is 3.06. The Hall–Kier alpha value is -3.08. The van der Waals surface area contributed by atoms with Gasteiger partial charge in [0, 0.05) is 18.3 Å². The number of nitrogen functional groups attached to an aromatic ring is 1. The molecule has 2 aliphatic rings. The second-order valence-electron chi connectivity index (χ2n) is 5.74. The van der Waals surface area contributed by atoms with Crippen LogP contribution >= 0.6 is 0 Å². The lowest BCUT2D eigenvalue weighted by molar-refractivity contribution is -0.119. The van der Waals surface area contributed by atoms with E-state index in [1.807, 2.05) is 24.3 Å². The van der Waals surface area contributed by atoms with Crippen molar-refractivity contribution in [2.45, 2.75) is 12.5 Å². The fraction of sp³-hybridized carbons (Fsp3) is 0.111. The van der Waals surface area contributed by atoms with E-state index in [0.29, 0.717) is 23.4 Å². The van der Waals surface area contributed by atoms with Crippen LogP contribution in [-0.4, -0.2) is 22.8 Å². The summed E-state index contributed by atoms with van der Waals surface area (Å²) in [7, 11) is 0. The van der Waals surface area contributed by atoms with Crippen molar-refractivity contribution in [1.29, 1.82) is 0 Å². The Morgan fingerprint density at radius 1 is 1.04 bits per heavy atom. The first-order valence-electron chi connectivity index (χ1n) is 7.42. The number of carbonyl (C=O) groups is 2. The number of fused-ring (bicyclic) bond motifs is 2. The maximum absolute atomic E-state index is 12.8. The van der Waals surface area contributed by atoms with Crippen molar-refractivity contribution >= 4 is 28.8 Å². The second kappa shape index (κ2) is 4.98. The summed E-state index contributed by atoms with van der Waals surface area (Å²) in [6, 6.07) is 14.0. The van der Waals surface area contributed by atoms with E-state index in [-0.39, 0.29) is 11.8 Å². The SMILES string of the molecule is Nc1ccc(C2=CN3C(=O)c4ccccc4NC(=O)[C@@H]3C2)cc1. The molecule has 0 spiro atoms. The van der Waals surface area contributed by atoms with Crippen molar-refractivity contribution in [3.8, 4) is 0 Å². The number of rotatable bonds is 1. The first kappa shape index (κ1) is 13.6. The molecule has 4 rings (SSSR count). The van der Waals surface area contributed by atoms with Crippen LogP contribution in [0, 0.1) is 0 Å². The van der Waals surface area contributed by atoms with E-state index in [1.165, 1.54) is 4.90 Å². The Morgan fingerprint density at radius 2 is 1.78 bits per heavy atom. The summed E-state index contributed by atoms with van der Waals surface area (Å²) in [6.07, 6.45) is 2.27. The number of benzene rings is 2. The molecule has 0 radical (unpaired) electrons. The van der Waals surface area contributed by atoms with Gasteiger partial charge in [-0.1, -0.05) is 24.3 Å². The molecule has 2 amide bonds. The lowest BCUT2D eigenvalue weighted by Crippen LogP contribution is -2.38. The zero-order chi connectivity index (χ0) is 16.0. The molecule has 2 aromatic carbocycles. The summed E-state index contributed by atoms with van der Waals surface area (Å²) in [4.78, 5) is 26.8. The summed E-state index contributed by atoms with van der Waals surface area (Å²) in [5.74, 6) is -0.320. The molecule has 0 unspecified atom stereocenters. The smallest absolute Gasteiger partial charge is 0.260 e. The number of carbonyl (C=O) groups excluding carboxylic acids is 2. The van der Waals surface area contributed by atoms with Crippen LogP contribution in [0.15, 0.2) is 54.7 Å². The number of amides is 2. The molecule has 23 heavy (non-hydrogen) atoms. The summed E-state index contributed by atoms with van der Waals surface area (Å²) in [5.41, 5.74) is 9.41. The monoisotopic (exact) mass is 305 g/mol. The first-order chi connectivity index (χ1) is 11.1. The summed E-state index contributed by atoms with van der Waals surface area (Å²) < 4.78 is 0. The maximum Gasteiger partial charge on any atom is 0.260 e. The zero-order valence-corrected chi connectivity index (χ0v) is 12.3. The molecule has 2 heterocycles. The van der Waals surface area contributed by atoms with Crippen LogP contribution in [0.5, 0.6) is 0 Å². The van der Waals surface area contributed by atoms with E-state index < -0.39 is 6.04 Å². The first-order valence-corrected chi connectivity index (χ1v) is 7.42. The highest BCUT2D eigenvalue weighted by Crippen LogP contribution is 2.34. The molecule has 5 heteroatoms. The van der Waals surface area contributed by atoms with E-state index in [4.69, 9.17) is 5.73 Å². The van der Waals surface area contributed by atoms with Crippen molar-refractivity contribution < 1.29 is 9.59 Å². The third-order valence-corrected chi connectivity index (χ3v) is 4.28. The Bertz CT molecular complexity index is 840. The van der Waals surface area contributed by atoms with E-state index in [0.717, 1.165) is 11.1 Å². The predicted octanol–water partition coefficient (Wildman–Crippen LogP) is 2.48. The second-order valence-corrected chi connectivity index (χ2v) is 5.74. The van der Waals surface area contributed by atoms with E-state index in [1.54, 1.807) is 30.5 Å². The fourth-order valence-corrected chi connectivity index (χ4v) is 3.06. The normalized spacial score (nSPS) is 19.6. The van der Waals surface area contributed by atoms with Crippen LogP contribution < -0.4 is 11.1 Å². The molecular weight excluding hydrogens is 290 g/mol. The zero-order valence-electron chi connectivity index (χ0n) is 12.3. The molecule has 0 fully saturated rings. The maximum atomic E-state index is 12.8. The average Bonchev–Trinajstić information content (AvgIpc) is 2.97. The largest absolute Gasteiger partial charge is 0.399 e. The molecular formula is C18H15N3O2. The summed E-state index contributed by atoms with van der Waals surface area (Å²) >= 11 is 0. The van der Waals surface area contributed by atoms with Crippen molar-refractivity contribution in [1.82, 2.24) is 4.90 Å². The minimum Gasteiger partial charge on any atom is -0.399 e. The number of nitrogens with zero attached hydrogens (tertiary/aromatic N) is 1. The molecule has 3 N–H and O–H groups in total. The van der Waals surface area contributed by atoms with Crippen molar-refractivity contribution in [3.05, 3.63) is 65.9 Å². The van der Waals surface area contributed by atoms with Crippen molar-refractivity contribution in [2.24, 2.45) is 0 Å². The van der Waals surface area contributed by atoms with Gasteiger partial charge in [0.05, 0.1) is 11.3 Å². The Balaban J connectivity index is 1.75. The van der Waals surface area contributed by atoms with Crippen LogP contribution in [0.4, 0.5) is 11.4 Å². The van der Waals surface area contributed by atoms with E-state index >= 15 is 0 Å². The summed E-state index contributed by atoms with van der Waals surface area (Å²) in [5, 5.41) is 2.85. The number of hydrogen-bond acceptors (Lipinski definition) is 3. The van der Waals surface area contributed by atoms with Gasteiger partial charge in [0.1, 0.15) is 6.04 Å². The Morgan fingerprint density at radius 3 is 2.57 bits per heavy atom.